The molecule has 1 rings (SSSR count). The van der Waals surface area contributed by atoms with Gasteiger partial charge in [-0.3, -0.25) is 0 Å². The molecule has 1 aromatic heterocycles. The second kappa shape index (κ2) is 8.59. The van der Waals surface area contributed by atoms with Crippen molar-refractivity contribution in [3.05, 3.63) is 65.6 Å². The molecule has 0 radical (unpaired) electrons. The second-order valence-electron chi connectivity index (χ2n) is 5.49. The van der Waals surface area contributed by atoms with Crippen LogP contribution in [0.25, 0.3) is 11.6 Å². The second-order valence-corrected chi connectivity index (χ2v) is 5.49. The maximum Gasteiger partial charge on any atom is 0.128 e. The van der Waals surface area contributed by atoms with Gasteiger partial charge in [0, 0.05) is 30.1 Å². The molecule has 0 fully saturated rings. The van der Waals surface area contributed by atoms with Crippen molar-refractivity contribution in [3.63, 3.8) is 0 Å². The zero-order valence-corrected chi connectivity index (χ0v) is 14.8. The minimum Gasteiger partial charge on any atom is -0.401 e. The molecule has 0 atom stereocenters. The summed E-state index contributed by atoms with van der Waals surface area (Å²) in [7, 11) is 1.93. The van der Waals surface area contributed by atoms with E-state index in [4.69, 9.17) is 5.73 Å². The molecule has 1 aromatic rings. The van der Waals surface area contributed by atoms with Crippen molar-refractivity contribution in [2.24, 2.45) is 12.8 Å². The van der Waals surface area contributed by atoms with Crippen LogP contribution >= 0.6 is 0 Å². The van der Waals surface area contributed by atoms with Gasteiger partial charge in [0.05, 0.1) is 24.0 Å². The molecule has 0 spiro atoms. The first-order chi connectivity index (χ1) is 11.3. The first-order valence-electron chi connectivity index (χ1n) is 7.63. The number of hydrogen-bond acceptors (Lipinski definition) is 4. The largest absolute Gasteiger partial charge is 0.401 e. The number of allylic oxidation sites excluding steroid dienone is 6. The highest BCUT2D eigenvalue weighted by molar-refractivity contribution is 5.82. The van der Waals surface area contributed by atoms with Crippen LogP contribution in [0.15, 0.2) is 48.4 Å². The summed E-state index contributed by atoms with van der Waals surface area (Å²) in [6.07, 6.45) is 7.05. The van der Waals surface area contributed by atoms with Gasteiger partial charge in [0.25, 0.3) is 0 Å². The highest BCUT2D eigenvalue weighted by Gasteiger charge is 2.17. The lowest BCUT2D eigenvalue weighted by Crippen LogP contribution is -2.12. The zero-order chi connectivity index (χ0) is 18.3. The van der Waals surface area contributed by atoms with Gasteiger partial charge in [0.1, 0.15) is 5.82 Å². The molecule has 0 saturated carbocycles. The molecule has 126 valence electrons. The van der Waals surface area contributed by atoms with E-state index in [1.807, 2.05) is 38.5 Å². The minimum atomic E-state index is 0.532. The summed E-state index contributed by atoms with van der Waals surface area (Å²) in [5.41, 5.74) is 10.3. The third-order valence-corrected chi connectivity index (χ3v) is 3.45. The predicted octanol–water partition coefficient (Wildman–Crippen LogP) is 3.40. The lowest BCUT2D eigenvalue weighted by Gasteiger charge is -2.11. The van der Waals surface area contributed by atoms with E-state index in [9.17, 15) is 5.26 Å². The zero-order valence-electron chi connectivity index (χ0n) is 14.8. The summed E-state index contributed by atoms with van der Waals surface area (Å²) in [6, 6.07) is 2.17. The summed E-state index contributed by atoms with van der Waals surface area (Å²) in [6.45, 7) is 14.0. The standard InChI is InChI=1S/C19H25N5/c1-7-15(10-20)9-16(13(3)4)19-17(8-2)23-18(24(19)6)12-22-11-14(5)21/h7-9,11,22H,2-3,12,21H2,1,4-6H3/b14-11-,15-7+,16-9+. The predicted molar refractivity (Wildman–Crippen MR) is 100 cm³/mol. The number of aromatic nitrogens is 2. The third-order valence-electron chi connectivity index (χ3n) is 3.45. The minimum absolute atomic E-state index is 0.532. The Kier molecular flexibility index (Phi) is 6.81. The van der Waals surface area contributed by atoms with Crippen LogP contribution in [-0.2, 0) is 13.6 Å². The monoisotopic (exact) mass is 323 g/mol. The van der Waals surface area contributed by atoms with Crippen LogP contribution < -0.4 is 11.1 Å². The van der Waals surface area contributed by atoms with Crippen molar-refractivity contribution < 1.29 is 0 Å². The third kappa shape index (κ3) is 4.50. The summed E-state index contributed by atoms with van der Waals surface area (Å²) in [5.74, 6) is 0.837. The van der Waals surface area contributed by atoms with E-state index in [0.717, 1.165) is 28.4 Å². The van der Waals surface area contributed by atoms with Crippen LogP contribution in [-0.4, -0.2) is 9.55 Å². The molecule has 0 aliphatic carbocycles. The Hall–Kier alpha value is -3.00. The first-order valence-corrected chi connectivity index (χ1v) is 7.63. The summed E-state index contributed by atoms with van der Waals surface area (Å²) < 4.78 is 1.98. The SMILES string of the molecule is C=Cc1nc(CN/C=C(/C)N)n(C)c1/C(=C/C(C#N)=C\C)C(=C)C. The highest BCUT2D eigenvalue weighted by Crippen LogP contribution is 2.28. The number of nitrogens with one attached hydrogen (secondary N) is 1. The van der Waals surface area contributed by atoms with E-state index >= 15 is 0 Å². The normalized spacial score (nSPS) is 12.7. The molecule has 5 nitrogen and oxygen atoms in total. The van der Waals surface area contributed by atoms with Crippen molar-refractivity contribution >= 4 is 11.6 Å². The molecule has 1 heterocycles. The van der Waals surface area contributed by atoms with Gasteiger partial charge in [0.2, 0.25) is 0 Å². The van der Waals surface area contributed by atoms with Crippen LogP contribution in [0.3, 0.4) is 0 Å². The fourth-order valence-electron chi connectivity index (χ4n) is 2.22. The average Bonchev–Trinajstić information content (AvgIpc) is 2.84. The molecule has 24 heavy (non-hydrogen) atoms. The highest BCUT2D eigenvalue weighted by atomic mass is 15.1. The van der Waals surface area contributed by atoms with Crippen molar-refractivity contribution in [2.45, 2.75) is 27.3 Å². The van der Waals surface area contributed by atoms with Gasteiger partial charge >= 0.3 is 0 Å². The number of nitriles is 1. The molecule has 0 bridgehead atoms. The Morgan fingerprint density at radius 1 is 1.46 bits per heavy atom. The van der Waals surface area contributed by atoms with Crippen LogP contribution in [0.1, 0.15) is 38.0 Å². The van der Waals surface area contributed by atoms with Crippen LogP contribution in [0, 0.1) is 11.3 Å². The Labute approximate surface area is 144 Å². The number of nitrogens with two attached hydrogens (primary N) is 1. The molecule has 0 aromatic carbocycles. The maximum atomic E-state index is 9.21. The number of rotatable bonds is 7. The molecule has 0 aliphatic heterocycles. The fourth-order valence-corrected chi connectivity index (χ4v) is 2.22. The Morgan fingerprint density at radius 3 is 2.58 bits per heavy atom. The fraction of sp³-hybridized carbons (Fsp3) is 0.263. The van der Waals surface area contributed by atoms with Crippen molar-refractivity contribution in [2.75, 3.05) is 0 Å². The van der Waals surface area contributed by atoms with E-state index in [0.29, 0.717) is 17.8 Å². The Balaban J connectivity index is 3.42. The summed E-state index contributed by atoms with van der Waals surface area (Å²) in [4.78, 5) is 4.62. The van der Waals surface area contributed by atoms with Crippen LogP contribution in [0.5, 0.6) is 0 Å². The smallest absolute Gasteiger partial charge is 0.128 e. The average molecular weight is 323 g/mol. The molecular weight excluding hydrogens is 298 g/mol. The van der Waals surface area contributed by atoms with Gasteiger partial charge in [-0.2, -0.15) is 5.26 Å². The van der Waals surface area contributed by atoms with Crippen molar-refractivity contribution in [1.29, 1.82) is 5.26 Å². The Bertz CT molecular complexity index is 762. The van der Waals surface area contributed by atoms with Crippen LogP contribution in [0.4, 0.5) is 0 Å². The quantitative estimate of drug-likeness (QED) is 0.595. The van der Waals surface area contributed by atoms with E-state index in [-0.39, 0.29) is 0 Å². The van der Waals surface area contributed by atoms with Gasteiger partial charge in [-0.25, -0.2) is 4.98 Å². The van der Waals surface area contributed by atoms with Crippen molar-refractivity contribution in [1.82, 2.24) is 14.9 Å². The molecule has 0 aliphatic rings. The topological polar surface area (TPSA) is 79.7 Å². The van der Waals surface area contributed by atoms with Crippen LogP contribution in [0.2, 0.25) is 0 Å². The Morgan fingerprint density at radius 2 is 2.12 bits per heavy atom. The maximum absolute atomic E-state index is 9.21. The van der Waals surface area contributed by atoms with Crippen molar-refractivity contribution in [3.8, 4) is 6.07 Å². The van der Waals surface area contributed by atoms with Gasteiger partial charge in [-0.1, -0.05) is 19.2 Å². The van der Waals surface area contributed by atoms with E-state index in [1.165, 1.54) is 0 Å². The molecule has 0 amide bonds. The molecule has 0 unspecified atom stereocenters. The molecule has 0 saturated heterocycles. The van der Waals surface area contributed by atoms with E-state index < -0.39 is 0 Å². The molecular formula is C19H25N5. The summed E-state index contributed by atoms with van der Waals surface area (Å²) >= 11 is 0. The number of hydrogen-bond donors (Lipinski definition) is 2. The van der Waals surface area contributed by atoms with Gasteiger partial charge < -0.3 is 15.6 Å². The summed E-state index contributed by atoms with van der Waals surface area (Å²) in [5, 5.41) is 12.3. The van der Waals surface area contributed by atoms with Gasteiger partial charge in [0.15, 0.2) is 0 Å². The molecule has 5 heteroatoms. The lowest BCUT2D eigenvalue weighted by atomic mass is 10.0. The number of imidazole rings is 1. The lowest BCUT2D eigenvalue weighted by molar-refractivity contribution is 0.725. The van der Waals surface area contributed by atoms with E-state index in [2.05, 4.69) is 29.5 Å². The van der Waals surface area contributed by atoms with E-state index in [1.54, 1.807) is 18.4 Å². The first kappa shape index (κ1) is 19.0. The van der Waals surface area contributed by atoms with Gasteiger partial charge in [-0.15, -0.1) is 0 Å². The van der Waals surface area contributed by atoms with Gasteiger partial charge in [-0.05, 0) is 38.5 Å². The number of nitrogens with zero attached hydrogens (tertiary/aromatic N) is 3. The molecule has 3 N–H and O–H groups in total.